The maximum absolute atomic E-state index is 5.90. The second-order valence-electron chi connectivity index (χ2n) is 5.23. The van der Waals surface area contributed by atoms with Gasteiger partial charge in [0, 0.05) is 30.1 Å². The number of allylic oxidation sites excluding steroid dienone is 4. The number of hydrogen-bond acceptors (Lipinski definition) is 3. The maximum Gasteiger partial charge on any atom is 0.127 e. The molecule has 0 heterocycles. The fourth-order valence-corrected chi connectivity index (χ4v) is 1.72. The van der Waals surface area contributed by atoms with E-state index in [4.69, 9.17) is 10.5 Å². The quantitative estimate of drug-likeness (QED) is 0.293. The van der Waals surface area contributed by atoms with Crippen LogP contribution in [0.1, 0.15) is 47.5 Å². The second kappa shape index (κ2) is 11.0. The summed E-state index contributed by atoms with van der Waals surface area (Å²) in [6, 6.07) is 0. The van der Waals surface area contributed by atoms with Crippen molar-refractivity contribution in [1.29, 1.82) is 0 Å². The van der Waals surface area contributed by atoms with Gasteiger partial charge in [-0.15, -0.1) is 0 Å². The minimum atomic E-state index is 0.0848. The highest BCUT2D eigenvalue weighted by Crippen LogP contribution is 2.22. The van der Waals surface area contributed by atoms with Crippen LogP contribution in [0.5, 0.6) is 0 Å². The lowest BCUT2D eigenvalue weighted by Gasteiger charge is -2.17. The van der Waals surface area contributed by atoms with Gasteiger partial charge in [0.25, 0.3) is 0 Å². The molecular formula is C18H30N2O. The van der Waals surface area contributed by atoms with Gasteiger partial charge in [-0.2, -0.15) is 0 Å². The molecule has 0 rings (SSSR count). The molecule has 0 fully saturated rings. The molecular weight excluding hydrogens is 260 g/mol. The predicted molar refractivity (Wildman–Crippen MR) is 93.4 cm³/mol. The fourth-order valence-electron chi connectivity index (χ4n) is 1.72. The van der Waals surface area contributed by atoms with Crippen LogP contribution in [0.2, 0.25) is 0 Å². The summed E-state index contributed by atoms with van der Waals surface area (Å²) in [4.78, 5) is 4.42. The zero-order valence-electron chi connectivity index (χ0n) is 14.1. The highest BCUT2D eigenvalue weighted by atomic mass is 16.5. The molecule has 0 saturated heterocycles. The Hall–Kier alpha value is -1.77. The molecule has 0 spiro atoms. The van der Waals surface area contributed by atoms with Gasteiger partial charge < -0.3 is 10.5 Å². The number of nitrogens with two attached hydrogens (primary N) is 1. The van der Waals surface area contributed by atoms with E-state index in [-0.39, 0.29) is 6.10 Å². The van der Waals surface area contributed by atoms with Crippen molar-refractivity contribution < 1.29 is 4.74 Å². The zero-order valence-corrected chi connectivity index (χ0v) is 14.1. The molecule has 0 amide bonds. The third kappa shape index (κ3) is 8.18. The van der Waals surface area contributed by atoms with Crippen LogP contribution < -0.4 is 5.73 Å². The molecule has 118 valence electrons. The van der Waals surface area contributed by atoms with Crippen LogP contribution in [0.4, 0.5) is 0 Å². The van der Waals surface area contributed by atoms with Gasteiger partial charge >= 0.3 is 0 Å². The van der Waals surface area contributed by atoms with E-state index in [1.54, 1.807) is 6.20 Å². The van der Waals surface area contributed by atoms with Crippen molar-refractivity contribution in [1.82, 2.24) is 0 Å². The molecule has 0 aromatic rings. The fraction of sp³-hybridized carbons (Fsp3) is 0.500. The highest BCUT2D eigenvalue weighted by molar-refractivity contribution is 5.86. The normalized spacial score (nSPS) is 14.1. The summed E-state index contributed by atoms with van der Waals surface area (Å²) in [7, 11) is 0. The first-order valence-corrected chi connectivity index (χ1v) is 7.58. The number of hydrogen-bond donors (Lipinski definition) is 1. The molecule has 0 aliphatic heterocycles. The number of rotatable bonds is 9. The Bertz CT molecular complexity index is 440. The summed E-state index contributed by atoms with van der Waals surface area (Å²) in [5.74, 6) is 0.777. The van der Waals surface area contributed by atoms with E-state index in [2.05, 4.69) is 18.5 Å². The van der Waals surface area contributed by atoms with Gasteiger partial charge in [0.1, 0.15) is 5.76 Å². The van der Waals surface area contributed by atoms with E-state index in [0.29, 0.717) is 0 Å². The van der Waals surface area contributed by atoms with Crippen molar-refractivity contribution in [3.8, 4) is 0 Å². The van der Waals surface area contributed by atoms with Crippen molar-refractivity contribution in [3.63, 3.8) is 0 Å². The molecule has 0 radical (unpaired) electrons. The topological polar surface area (TPSA) is 47.6 Å². The third-order valence-electron chi connectivity index (χ3n) is 2.66. The molecule has 21 heavy (non-hydrogen) atoms. The van der Waals surface area contributed by atoms with E-state index in [0.717, 1.165) is 41.9 Å². The zero-order chi connectivity index (χ0) is 16.3. The lowest BCUT2D eigenvalue weighted by molar-refractivity contribution is 0.155. The third-order valence-corrected chi connectivity index (χ3v) is 2.66. The Labute approximate surface area is 130 Å². The minimum absolute atomic E-state index is 0.0848. The van der Waals surface area contributed by atoms with Crippen LogP contribution >= 0.6 is 0 Å². The minimum Gasteiger partial charge on any atom is -0.490 e. The van der Waals surface area contributed by atoms with Crippen LogP contribution in [-0.4, -0.2) is 18.9 Å². The SMILES string of the molecule is C=C(C)/C=C(/OC(C)C)C(=CC)/C(C=NCCCC)=C/N. The van der Waals surface area contributed by atoms with E-state index in [1.807, 2.05) is 46.1 Å². The summed E-state index contributed by atoms with van der Waals surface area (Å²) in [6.45, 7) is 14.8. The van der Waals surface area contributed by atoms with Gasteiger partial charge in [0.2, 0.25) is 0 Å². The molecule has 0 aliphatic carbocycles. The van der Waals surface area contributed by atoms with Gasteiger partial charge in [-0.1, -0.05) is 31.6 Å². The number of ether oxygens (including phenoxy) is 1. The molecule has 0 aromatic heterocycles. The number of nitrogens with zero attached hydrogens (tertiary/aromatic N) is 1. The Morgan fingerprint density at radius 1 is 1.38 bits per heavy atom. The standard InChI is InChI=1S/C18H30N2O/c1-7-9-10-20-13-16(12-19)17(8-2)18(11-14(3)4)21-15(5)6/h8,11-13,15H,3,7,9-10,19H2,1-2,4-6H3/b16-12+,17-8?,18-11+,20-13?. The van der Waals surface area contributed by atoms with Gasteiger partial charge in [0.05, 0.1) is 6.10 Å². The van der Waals surface area contributed by atoms with Crippen molar-refractivity contribution in [2.45, 2.75) is 53.6 Å². The van der Waals surface area contributed by atoms with Crippen molar-refractivity contribution in [3.05, 3.63) is 47.4 Å². The van der Waals surface area contributed by atoms with E-state index < -0.39 is 0 Å². The summed E-state index contributed by atoms with van der Waals surface area (Å²) in [5.41, 5.74) is 8.50. The number of aliphatic imine (C=N–C) groups is 1. The van der Waals surface area contributed by atoms with Crippen LogP contribution in [-0.2, 0) is 4.74 Å². The molecule has 0 aliphatic rings. The first-order chi connectivity index (χ1) is 9.96. The maximum atomic E-state index is 5.90. The van der Waals surface area contributed by atoms with Crippen molar-refractivity contribution in [2.24, 2.45) is 10.7 Å². The van der Waals surface area contributed by atoms with Crippen LogP contribution in [0.15, 0.2) is 52.4 Å². The Balaban J connectivity index is 5.31. The summed E-state index contributed by atoms with van der Waals surface area (Å²) in [6.07, 6.45) is 9.60. The Morgan fingerprint density at radius 3 is 2.48 bits per heavy atom. The Kier molecular flexibility index (Phi) is 10.0. The van der Waals surface area contributed by atoms with E-state index in [9.17, 15) is 0 Å². The van der Waals surface area contributed by atoms with Crippen LogP contribution in [0, 0.1) is 0 Å². The van der Waals surface area contributed by atoms with Gasteiger partial charge in [-0.05, 0) is 40.2 Å². The first-order valence-electron chi connectivity index (χ1n) is 7.58. The van der Waals surface area contributed by atoms with Gasteiger partial charge in [-0.25, -0.2) is 0 Å². The molecule has 0 saturated carbocycles. The highest BCUT2D eigenvalue weighted by Gasteiger charge is 2.11. The van der Waals surface area contributed by atoms with Gasteiger partial charge in [0.15, 0.2) is 0 Å². The molecule has 0 bridgehead atoms. The van der Waals surface area contributed by atoms with Crippen LogP contribution in [0.25, 0.3) is 0 Å². The largest absolute Gasteiger partial charge is 0.490 e. The van der Waals surface area contributed by atoms with Crippen LogP contribution in [0.3, 0.4) is 0 Å². The molecule has 2 N–H and O–H groups in total. The molecule has 0 aromatic carbocycles. The lowest BCUT2D eigenvalue weighted by Crippen LogP contribution is -2.08. The summed E-state index contributed by atoms with van der Waals surface area (Å²) in [5, 5.41) is 0. The average molecular weight is 290 g/mol. The average Bonchev–Trinajstić information content (AvgIpc) is 2.40. The smallest absolute Gasteiger partial charge is 0.127 e. The number of unbranched alkanes of at least 4 members (excludes halogenated alkanes) is 1. The molecule has 0 unspecified atom stereocenters. The molecule has 0 atom stereocenters. The van der Waals surface area contributed by atoms with E-state index in [1.165, 1.54) is 0 Å². The van der Waals surface area contributed by atoms with Gasteiger partial charge in [-0.3, -0.25) is 4.99 Å². The first kappa shape index (κ1) is 19.2. The summed E-state index contributed by atoms with van der Waals surface area (Å²) >= 11 is 0. The summed E-state index contributed by atoms with van der Waals surface area (Å²) < 4.78 is 5.90. The Morgan fingerprint density at radius 2 is 2.05 bits per heavy atom. The van der Waals surface area contributed by atoms with Crippen molar-refractivity contribution in [2.75, 3.05) is 6.54 Å². The molecule has 3 nitrogen and oxygen atoms in total. The monoisotopic (exact) mass is 290 g/mol. The van der Waals surface area contributed by atoms with E-state index >= 15 is 0 Å². The van der Waals surface area contributed by atoms with Crippen molar-refractivity contribution >= 4 is 6.21 Å². The second-order valence-corrected chi connectivity index (χ2v) is 5.23. The molecule has 3 heteroatoms. The predicted octanol–water partition coefficient (Wildman–Crippen LogP) is 4.53. The lowest BCUT2D eigenvalue weighted by atomic mass is 10.0.